The molecule has 0 amide bonds. The summed E-state index contributed by atoms with van der Waals surface area (Å²) < 4.78 is 16.2. The van der Waals surface area contributed by atoms with Crippen molar-refractivity contribution in [3.8, 4) is 0 Å². The van der Waals surface area contributed by atoms with E-state index in [9.17, 15) is 9.18 Å². The summed E-state index contributed by atoms with van der Waals surface area (Å²) in [5.74, 6) is -0.205. The zero-order valence-electron chi connectivity index (χ0n) is 16.5. The highest BCUT2D eigenvalue weighted by atomic mass is 19.1. The third-order valence-corrected chi connectivity index (χ3v) is 5.56. The van der Waals surface area contributed by atoms with E-state index in [1.807, 2.05) is 35.0 Å². The number of carbonyl (C=O) groups excluding carboxylic acids is 1. The highest BCUT2D eigenvalue weighted by molar-refractivity contribution is 6.20. The molecular formula is C22H21FN6O. The molecule has 2 aliphatic heterocycles. The number of ketones is 1. The summed E-state index contributed by atoms with van der Waals surface area (Å²) in [5, 5.41) is 4.41. The van der Waals surface area contributed by atoms with Gasteiger partial charge in [0.25, 0.3) is 0 Å². The van der Waals surface area contributed by atoms with Gasteiger partial charge in [0, 0.05) is 17.7 Å². The van der Waals surface area contributed by atoms with Gasteiger partial charge in [-0.15, -0.1) is 0 Å². The fraction of sp³-hybridized carbons (Fsp3) is 0.273. The molecule has 8 heteroatoms. The number of halogens is 1. The maximum absolute atomic E-state index is 14.3. The van der Waals surface area contributed by atoms with Crippen LogP contribution in [0.4, 0.5) is 10.1 Å². The Kier molecular flexibility index (Phi) is 4.63. The summed E-state index contributed by atoms with van der Waals surface area (Å²) in [4.78, 5) is 21.8. The van der Waals surface area contributed by atoms with Crippen LogP contribution in [0.1, 0.15) is 52.6 Å². The molecule has 0 radical (unpaired) electrons. The molecule has 2 atom stereocenters. The molecule has 1 aromatic heterocycles. The second kappa shape index (κ2) is 7.46. The Morgan fingerprint density at radius 2 is 2.07 bits per heavy atom. The molecule has 7 nitrogen and oxygen atoms in total. The molecule has 5 rings (SSSR count). The molecule has 3 heterocycles. The number of Topliss-reactive ketones (excluding diaryl/α,β-unsaturated/α-hetero) is 1. The zero-order valence-corrected chi connectivity index (χ0v) is 16.5. The molecule has 0 fully saturated rings. The highest BCUT2D eigenvalue weighted by Gasteiger charge is 2.40. The van der Waals surface area contributed by atoms with Gasteiger partial charge in [-0.2, -0.15) is 5.10 Å². The van der Waals surface area contributed by atoms with Crippen LogP contribution in [-0.4, -0.2) is 32.8 Å². The second-order valence-electron chi connectivity index (χ2n) is 7.48. The lowest BCUT2D eigenvalue weighted by Gasteiger charge is -2.28. The van der Waals surface area contributed by atoms with Crippen molar-refractivity contribution in [2.45, 2.75) is 31.8 Å². The third kappa shape index (κ3) is 3.00. The Balaban J connectivity index is 1.75. The largest absolute Gasteiger partial charge is 0.320 e. The number of hydrogen-bond donors (Lipinski definition) is 2. The van der Waals surface area contributed by atoms with Gasteiger partial charge in [0.05, 0.1) is 23.4 Å². The van der Waals surface area contributed by atoms with E-state index in [0.29, 0.717) is 16.8 Å². The van der Waals surface area contributed by atoms with Crippen molar-refractivity contribution in [2.75, 3.05) is 12.0 Å². The Morgan fingerprint density at radius 1 is 1.23 bits per heavy atom. The van der Waals surface area contributed by atoms with Gasteiger partial charge in [-0.3, -0.25) is 9.79 Å². The fourth-order valence-corrected chi connectivity index (χ4v) is 4.28. The lowest BCUT2D eigenvalue weighted by molar-refractivity contribution is 0.0999. The Labute approximate surface area is 173 Å². The number of hydrazine groups is 1. The van der Waals surface area contributed by atoms with E-state index in [-0.39, 0.29) is 24.3 Å². The van der Waals surface area contributed by atoms with Crippen molar-refractivity contribution in [1.82, 2.24) is 20.2 Å². The molecule has 2 aromatic carbocycles. The van der Waals surface area contributed by atoms with Crippen molar-refractivity contribution in [3.05, 3.63) is 77.1 Å². The lowest BCUT2D eigenvalue weighted by Crippen LogP contribution is -2.34. The van der Waals surface area contributed by atoms with Crippen LogP contribution >= 0.6 is 0 Å². The van der Waals surface area contributed by atoms with Crippen molar-refractivity contribution in [3.63, 3.8) is 0 Å². The van der Waals surface area contributed by atoms with Gasteiger partial charge in [0.15, 0.2) is 5.78 Å². The minimum atomic E-state index is -0.462. The average molecular weight is 404 g/mol. The maximum atomic E-state index is 14.3. The van der Waals surface area contributed by atoms with Crippen molar-refractivity contribution < 1.29 is 9.18 Å². The molecule has 30 heavy (non-hydrogen) atoms. The molecule has 152 valence electrons. The number of anilines is 1. The van der Waals surface area contributed by atoms with E-state index in [1.165, 1.54) is 12.1 Å². The molecule has 2 aliphatic rings. The van der Waals surface area contributed by atoms with E-state index >= 15 is 0 Å². The average Bonchev–Trinajstić information content (AvgIpc) is 3.14. The second-order valence-corrected chi connectivity index (χ2v) is 7.48. The normalized spacial score (nSPS) is 20.2. The predicted molar refractivity (Wildman–Crippen MR) is 111 cm³/mol. The van der Waals surface area contributed by atoms with Crippen LogP contribution in [0.25, 0.3) is 0 Å². The quantitative estimate of drug-likeness (QED) is 0.697. The molecule has 0 bridgehead atoms. The number of hydrogen-bond acceptors (Lipinski definition) is 6. The number of nitrogens with zero attached hydrogens (tertiary/aromatic N) is 4. The molecule has 0 saturated carbocycles. The van der Waals surface area contributed by atoms with E-state index in [4.69, 9.17) is 0 Å². The monoisotopic (exact) mass is 404 g/mol. The van der Waals surface area contributed by atoms with Crippen molar-refractivity contribution in [2.24, 2.45) is 4.99 Å². The van der Waals surface area contributed by atoms with E-state index in [1.54, 1.807) is 6.33 Å². The number of nitrogens with one attached hydrogen (secondary N) is 2. The standard InChI is InChI=1S/C22H21FN6O/c1-2-8-29-22(25-12-26-29)19-20(13-6-4-3-5-7-13)28-27-16-10-14(23)9-15-17(30)11-24-21(19)18(15)16/h3-7,9-10,12,19-20,27-28H,2,8,11H2,1H3. The fourth-order valence-electron chi connectivity index (χ4n) is 4.28. The predicted octanol–water partition coefficient (Wildman–Crippen LogP) is 3.27. The number of aryl methyl sites for hydroxylation is 1. The molecule has 0 aliphatic carbocycles. The van der Waals surface area contributed by atoms with Crippen LogP contribution in [0.2, 0.25) is 0 Å². The van der Waals surface area contributed by atoms with E-state index in [2.05, 4.69) is 32.9 Å². The minimum Gasteiger partial charge on any atom is -0.320 e. The first-order valence-electron chi connectivity index (χ1n) is 10.0. The first kappa shape index (κ1) is 18.6. The summed E-state index contributed by atoms with van der Waals surface area (Å²) in [7, 11) is 0. The summed E-state index contributed by atoms with van der Waals surface area (Å²) in [5.41, 5.74) is 9.70. The summed E-state index contributed by atoms with van der Waals surface area (Å²) in [6, 6.07) is 12.4. The van der Waals surface area contributed by atoms with Crippen LogP contribution in [0, 0.1) is 5.82 Å². The minimum absolute atomic E-state index is 0.00878. The van der Waals surface area contributed by atoms with E-state index in [0.717, 1.165) is 30.1 Å². The smallest absolute Gasteiger partial charge is 0.185 e. The highest BCUT2D eigenvalue weighted by Crippen LogP contribution is 2.40. The SMILES string of the molecule is CCCn1ncnc1C1C2=NCC(=O)c3cc(F)cc(c32)NNC1c1ccccc1. The first-order chi connectivity index (χ1) is 14.7. The van der Waals surface area contributed by atoms with Gasteiger partial charge >= 0.3 is 0 Å². The van der Waals surface area contributed by atoms with Gasteiger partial charge < -0.3 is 5.43 Å². The Hall–Kier alpha value is -3.39. The van der Waals surface area contributed by atoms with Gasteiger partial charge in [0.2, 0.25) is 0 Å². The van der Waals surface area contributed by atoms with Crippen LogP contribution < -0.4 is 10.9 Å². The summed E-state index contributed by atoms with van der Waals surface area (Å²) >= 11 is 0. The molecule has 2 N–H and O–H groups in total. The Morgan fingerprint density at radius 3 is 2.87 bits per heavy atom. The molecule has 3 aromatic rings. The van der Waals surface area contributed by atoms with Gasteiger partial charge in [-0.05, 0) is 24.1 Å². The van der Waals surface area contributed by atoms with Crippen LogP contribution in [-0.2, 0) is 6.54 Å². The number of rotatable bonds is 4. The number of benzene rings is 2. The molecule has 0 spiro atoms. The number of aliphatic imine (C=N–C) groups is 1. The third-order valence-electron chi connectivity index (χ3n) is 5.56. The number of aromatic nitrogens is 3. The van der Waals surface area contributed by atoms with Crippen LogP contribution in [0.3, 0.4) is 0 Å². The van der Waals surface area contributed by atoms with E-state index < -0.39 is 5.82 Å². The van der Waals surface area contributed by atoms with Crippen molar-refractivity contribution in [1.29, 1.82) is 0 Å². The summed E-state index contributed by atoms with van der Waals surface area (Å²) in [6.07, 6.45) is 2.45. The van der Waals surface area contributed by atoms with Crippen LogP contribution in [0.5, 0.6) is 0 Å². The zero-order chi connectivity index (χ0) is 20.7. The topological polar surface area (TPSA) is 84.2 Å². The maximum Gasteiger partial charge on any atom is 0.185 e. The molecule has 0 saturated heterocycles. The first-order valence-corrected chi connectivity index (χ1v) is 10.0. The van der Waals surface area contributed by atoms with Crippen LogP contribution in [0.15, 0.2) is 53.8 Å². The van der Waals surface area contributed by atoms with Gasteiger partial charge in [-0.25, -0.2) is 19.5 Å². The number of carbonyl (C=O) groups is 1. The molecule has 2 unspecified atom stereocenters. The summed E-state index contributed by atoms with van der Waals surface area (Å²) in [6.45, 7) is 2.79. The van der Waals surface area contributed by atoms with Gasteiger partial charge in [-0.1, -0.05) is 37.3 Å². The Bertz CT molecular complexity index is 1140. The van der Waals surface area contributed by atoms with Crippen molar-refractivity contribution >= 4 is 17.2 Å². The molecular weight excluding hydrogens is 383 g/mol. The van der Waals surface area contributed by atoms with Gasteiger partial charge in [0.1, 0.15) is 24.5 Å². The lowest BCUT2D eigenvalue weighted by atomic mass is 9.82.